The molecule has 0 spiro atoms. The Morgan fingerprint density at radius 1 is 1.27 bits per heavy atom. The summed E-state index contributed by atoms with van der Waals surface area (Å²) in [5, 5.41) is 11.8. The average Bonchev–Trinajstić information content (AvgIpc) is 2.73. The third-order valence-electron chi connectivity index (χ3n) is 5.07. The van der Waals surface area contributed by atoms with Crippen molar-refractivity contribution < 1.29 is 9.53 Å². The fraction of sp³-hybridized carbons (Fsp3) is 0.455. The number of carbonyl (C=O) groups excluding carboxylic acids is 1. The van der Waals surface area contributed by atoms with Gasteiger partial charge in [-0.1, -0.05) is 19.4 Å². The van der Waals surface area contributed by atoms with Crippen molar-refractivity contribution in [1.82, 2.24) is 19.3 Å². The third-order valence-corrected chi connectivity index (χ3v) is 5.07. The summed E-state index contributed by atoms with van der Waals surface area (Å²) >= 11 is 0. The summed E-state index contributed by atoms with van der Waals surface area (Å²) in [6.07, 6.45) is 4.14. The van der Waals surface area contributed by atoms with E-state index in [4.69, 9.17) is 15.1 Å². The van der Waals surface area contributed by atoms with Crippen molar-refractivity contribution in [2.45, 2.75) is 46.6 Å². The molecule has 0 bridgehead atoms. The van der Waals surface area contributed by atoms with Gasteiger partial charge in [-0.15, -0.1) is 0 Å². The van der Waals surface area contributed by atoms with Crippen LogP contribution in [0, 0.1) is 12.3 Å². The number of rotatable bonds is 9. The maximum Gasteiger partial charge on any atom is 0.267 e. The number of aromatic nitrogens is 3. The first kappa shape index (κ1) is 21.7. The van der Waals surface area contributed by atoms with Crippen LogP contribution < -0.4 is 16.4 Å². The first-order valence-corrected chi connectivity index (χ1v) is 10.5. The van der Waals surface area contributed by atoms with Crippen molar-refractivity contribution in [3.05, 3.63) is 51.4 Å². The molecule has 30 heavy (non-hydrogen) atoms. The zero-order valence-electron chi connectivity index (χ0n) is 17.8. The second-order valence-corrected chi connectivity index (χ2v) is 7.26. The van der Waals surface area contributed by atoms with E-state index < -0.39 is 0 Å². The van der Waals surface area contributed by atoms with Crippen molar-refractivity contribution in [2.75, 3.05) is 19.8 Å². The largest absolute Gasteiger partial charge is 0.382 e. The molecular formula is C22H29N5O3. The summed E-state index contributed by atoms with van der Waals surface area (Å²) in [4.78, 5) is 30.7. The molecule has 0 fully saturated rings. The van der Waals surface area contributed by atoms with Gasteiger partial charge in [0, 0.05) is 32.5 Å². The third kappa shape index (κ3) is 4.28. The van der Waals surface area contributed by atoms with Crippen molar-refractivity contribution in [2.24, 2.45) is 0 Å². The van der Waals surface area contributed by atoms with Crippen molar-refractivity contribution in [1.29, 1.82) is 5.41 Å². The van der Waals surface area contributed by atoms with Crippen LogP contribution in [0.25, 0.3) is 16.7 Å². The summed E-state index contributed by atoms with van der Waals surface area (Å²) in [6, 6.07) is 5.19. The lowest BCUT2D eigenvalue weighted by Gasteiger charge is -2.15. The summed E-state index contributed by atoms with van der Waals surface area (Å²) in [5.41, 5.74) is 1.82. The van der Waals surface area contributed by atoms with Crippen molar-refractivity contribution in [3.8, 4) is 0 Å². The number of hydrogen-bond acceptors (Lipinski definition) is 5. The maximum absolute atomic E-state index is 13.2. The highest BCUT2D eigenvalue weighted by atomic mass is 16.5. The van der Waals surface area contributed by atoms with E-state index in [0.717, 1.165) is 18.4 Å². The standard InChI is InChI=1S/C22H29N5O3/c1-4-6-10-24-21(28)16-14-17-20(26(18(16)23)12-8-13-30-5-2)25-19-15(3)9-7-11-27(19)22(17)29/h7,9,11,14,23H,4-6,8,10,12-13H2,1-3H3,(H,24,28). The second-order valence-electron chi connectivity index (χ2n) is 7.26. The molecule has 0 aliphatic heterocycles. The van der Waals surface area contributed by atoms with Crippen LogP contribution in [-0.2, 0) is 11.3 Å². The summed E-state index contributed by atoms with van der Waals surface area (Å²) in [5.74, 6) is -0.345. The molecule has 8 nitrogen and oxygen atoms in total. The zero-order chi connectivity index (χ0) is 21.7. The van der Waals surface area contributed by atoms with Crippen LogP contribution >= 0.6 is 0 Å². The predicted octanol–water partition coefficient (Wildman–Crippen LogP) is 2.39. The summed E-state index contributed by atoms with van der Waals surface area (Å²) in [7, 11) is 0. The average molecular weight is 412 g/mol. The van der Waals surface area contributed by atoms with Gasteiger partial charge >= 0.3 is 0 Å². The smallest absolute Gasteiger partial charge is 0.267 e. The molecule has 2 N–H and O–H groups in total. The fourth-order valence-corrected chi connectivity index (χ4v) is 3.43. The molecule has 0 atom stereocenters. The monoisotopic (exact) mass is 411 g/mol. The van der Waals surface area contributed by atoms with Crippen LogP contribution in [0.3, 0.4) is 0 Å². The molecular weight excluding hydrogens is 382 g/mol. The van der Waals surface area contributed by atoms with Gasteiger partial charge in [-0.25, -0.2) is 4.98 Å². The topological polar surface area (TPSA) is 101 Å². The van der Waals surface area contributed by atoms with E-state index in [9.17, 15) is 9.59 Å². The molecule has 0 unspecified atom stereocenters. The first-order chi connectivity index (χ1) is 14.5. The Balaban J connectivity index is 2.21. The van der Waals surface area contributed by atoms with Gasteiger partial charge < -0.3 is 14.6 Å². The number of ether oxygens (including phenoxy) is 1. The lowest BCUT2D eigenvalue weighted by Crippen LogP contribution is -2.35. The SMILES string of the molecule is CCCCNC(=O)c1cc2c(=O)n3cccc(C)c3nc2n(CCCOCC)c1=N. The molecule has 3 heterocycles. The molecule has 160 valence electrons. The quantitative estimate of drug-likeness (QED) is 0.417. The van der Waals surface area contributed by atoms with Gasteiger partial charge in [0.15, 0.2) is 0 Å². The molecule has 0 saturated carbocycles. The van der Waals surface area contributed by atoms with E-state index in [1.165, 1.54) is 10.5 Å². The van der Waals surface area contributed by atoms with Gasteiger partial charge in [0.25, 0.3) is 11.5 Å². The van der Waals surface area contributed by atoms with Crippen LogP contribution in [0.1, 0.15) is 49.0 Å². The number of nitrogens with one attached hydrogen (secondary N) is 2. The zero-order valence-corrected chi connectivity index (χ0v) is 17.8. The van der Waals surface area contributed by atoms with Crippen LogP contribution in [-0.4, -0.2) is 39.6 Å². The van der Waals surface area contributed by atoms with Gasteiger partial charge in [-0.2, -0.15) is 0 Å². The van der Waals surface area contributed by atoms with Crippen molar-refractivity contribution in [3.63, 3.8) is 0 Å². The van der Waals surface area contributed by atoms with Gasteiger partial charge in [-0.3, -0.25) is 19.4 Å². The number of amides is 1. The molecule has 0 radical (unpaired) electrons. The lowest BCUT2D eigenvalue weighted by molar-refractivity contribution is 0.0950. The lowest BCUT2D eigenvalue weighted by atomic mass is 10.1. The highest BCUT2D eigenvalue weighted by Gasteiger charge is 2.17. The minimum Gasteiger partial charge on any atom is -0.382 e. The van der Waals surface area contributed by atoms with Gasteiger partial charge in [0.2, 0.25) is 0 Å². The number of aryl methyl sites for hydroxylation is 2. The van der Waals surface area contributed by atoms with E-state index in [-0.39, 0.29) is 22.5 Å². The Hall–Kier alpha value is -3.00. The minimum atomic E-state index is -0.345. The maximum atomic E-state index is 13.2. The molecule has 3 aromatic heterocycles. The van der Waals surface area contributed by atoms with Gasteiger partial charge in [-0.05, 0) is 44.4 Å². The molecule has 0 aliphatic rings. The van der Waals surface area contributed by atoms with Crippen molar-refractivity contribution >= 4 is 22.6 Å². The molecule has 8 heteroatoms. The van der Waals surface area contributed by atoms with Crippen LogP contribution in [0.2, 0.25) is 0 Å². The molecule has 3 aromatic rings. The highest BCUT2D eigenvalue weighted by Crippen LogP contribution is 2.13. The van der Waals surface area contributed by atoms with Crippen LogP contribution in [0.5, 0.6) is 0 Å². The van der Waals surface area contributed by atoms with E-state index in [2.05, 4.69) is 5.32 Å². The Morgan fingerprint density at radius 2 is 2.07 bits per heavy atom. The van der Waals surface area contributed by atoms with E-state index in [0.29, 0.717) is 49.4 Å². The number of hydrogen-bond donors (Lipinski definition) is 2. The molecule has 1 amide bonds. The second kappa shape index (κ2) is 9.67. The van der Waals surface area contributed by atoms with E-state index >= 15 is 0 Å². The molecule has 3 rings (SSSR count). The molecule has 0 aliphatic carbocycles. The highest BCUT2D eigenvalue weighted by molar-refractivity contribution is 5.96. The number of fused-ring (bicyclic) bond motifs is 2. The van der Waals surface area contributed by atoms with E-state index in [1.54, 1.807) is 16.8 Å². The number of nitrogens with zero attached hydrogens (tertiary/aromatic N) is 3. The predicted molar refractivity (Wildman–Crippen MR) is 116 cm³/mol. The fourth-order valence-electron chi connectivity index (χ4n) is 3.43. The number of unbranched alkanes of at least 4 members (excludes halogenated alkanes) is 1. The number of carbonyl (C=O) groups is 1. The summed E-state index contributed by atoms with van der Waals surface area (Å²) < 4.78 is 8.56. The van der Waals surface area contributed by atoms with Gasteiger partial charge in [0.05, 0.1) is 10.9 Å². The Labute approximate surface area is 175 Å². The van der Waals surface area contributed by atoms with E-state index in [1.807, 2.05) is 26.8 Å². The normalized spacial score (nSPS) is 11.3. The Morgan fingerprint density at radius 3 is 2.80 bits per heavy atom. The Bertz CT molecular complexity index is 1180. The number of pyridine rings is 2. The van der Waals surface area contributed by atoms with Crippen LogP contribution in [0.15, 0.2) is 29.2 Å². The van der Waals surface area contributed by atoms with Crippen LogP contribution in [0.4, 0.5) is 0 Å². The Kier molecular flexibility index (Phi) is 6.99. The summed E-state index contributed by atoms with van der Waals surface area (Å²) in [6.45, 7) is 7.97. The molecule has 0 aromatic carbocycles. The first-order valence-electron chi connectivity index (χ1n) is 10.5. The minimum absolute atomic E-state index is 0.0535. The molecule has 0 saturated heterocycles. The van der Waals surface area contributed by atoms with Gasteiger partial charge in [0.1, 0.15) is 16.8 Å².